The minimum atomic E-state index is -0.734. The zero-order valence-corrected chi connectivity index (χ0v) is 18.6. The number of carbonyl (C=O) groups excluding carboxylic acids is 2. The number of halogens is 3. The van der Waals surface area contributed by atoms with Crippen LogP contribution in [0.5, 0.6) is 11.5 Å². The van der Waals surface area contributed by atoms with E-state index >= 15 is 0 Å². The van der Waals surface area contributed by atoms with Crippen LogP contribution in [0.3, 0.4) is 0 Å². The summed E-state index contributed by atoms with van der Waals surface area (Å²) >= 11 is 6.26. The Morgan fingerprint density at radius 2 is 1.91 bits per heavy atom. The van der Waals surface area contributed by atoms with Gasteiger partial charge >= 0.3 is 0 Å². The second-order valence-corrected chi connectivity index (χ2v) is 7.80. The maximum Gasteiger partial charge on any atom is 0.246 e. The van der Waals surface area contributed by atoms with Crippen LogP contribution in [-0.2, 0) is 4.79 Å². The maximum atomic E-state index is 13.9. The van der Waals surface area contributed by atoms with Gasteiger partial charge in [-0.1, -0.05) is 11.6 Å². The van der Waals surface area contributed by atoms with Crippen molar-refractivity contribution < 1.29 is 27.8 Å². The van der Waals surface area contributed by atoms with Crippen LogP contribution in [0.25, 0.3) is 6.08 Å². The largest absolute Gasteiger partial charge is 0.493 e. The minimum absolute atomic E-state index is 0.211. The molecule has 3 rings (SSSR count). The highest BCUT2D eigenvalue weighted by molar-refractivity contribution is 6.32. The molecule has 170 valence electrons. The lowest BCUT2D eigenvalue weighted by Crippen LogP contribution is -2.39. The van der Waals surface area contributed by atoms with E-state index in [0.717, 1.165) is 18.2 Å². The molecule has 1 fully saturated rings. The van der Waals surface area contributed by atoms with E-state index in [1.165, 1.54) is 13.2 Å². The van der Waals surface area contributed by atoms with Gasteiger partial charge in [-0.25, -0.2) is 8.78 Å². The fourth-order valence-electron chi connectivity index (χ4n) is 3.66. The highest BCUT2D eigenvalue weighted by Crippen LogP contribution is 2.36. The predicted molar refractivity (Wildman–Crippen MR) is 118 cm³/mol. The van der Waals surface area contributed by atoms with Gasteiger partial charge in [-0.05, 0) is 61.7 Å². The van der Waals surface area contributed by atoms with Crippen molar-refractivity contribution in [2.75, 3.05) is 26.8 Å². The van der Waals surface area contributed by atoms with Crippen molar-refractivity contribution in [2.45, 2.75) is 19.8 Å². The molecule has 0 saturated carbocycles. The summed E-state index contributed by atoms with van der Waals surface area (Å²) in [6, 6.07) is 6.26. The summed E-state index contributed by atoms with van der Waals surface area (Å²) in [5.74, 6) is -1.57. The molecule has 1 saturated heterocycles. The summed E-state index contributed by atoms with van der Waals surface area (Å²) in [4.78, 5) is 26.8. The Hall–Kier alpha value is -2.93. The van der Waals surface area contributed by atoms with E-state index in [0.29, 0.717) is 54.6 Å². The standard InChI is InChI=1S/C24H24ClF2NO4/c1-3-32-24-19(25)12-15(13-21(24)31-2)4-7-22(29)28-10-8-16(9-11-28)23(30)18-14-17(26)5-6-20(18)27/h4-7,12-14,16H,3,8-11H2,1-2H3/b7-4+. The predicted octanol–water partition coefficient (Wildman–Crippen LogP) is 5.16. The lowest BCUT2D eigenvalue weighted by atomic mass is 9.88. The Bertz CT molecular complexity index is 1030. The Morgan fingerprint density at radius 3 is 2.56 bits per heavy atom. The topological polar surface area (TPSA) is 55.8 Å². The normalized spacial score (nSPS) is 14.6. The number of likely N-dealkylation sites (tertiary alicyclic amines) is 1. The lowest BCUT2D eigenvalue weighted by Gasteiger charge is -2.30. The molecular weight excluding hydrogens is 440 g/mol. The zero-order chi connectivity index (χ0) is 23.3. The van der Waals surface area contributed by atoms with Gasteiger partial charge in [-0.15, -0.1) is 0 Å². The number of hydrogen-bond donors (Lipinski definition) is 0. The van der Waals surface area contributed by atoms with Crippen LogP contribution in [0.2, 0.25) is 5.02 Å². The van der Waals surface area contributed by atoms with E-state index in [-0.39, 0.29) is 11.5 Å². The fourth-order valence-corrected chi connectivity index (χ4v) is 3.94. The molecule has 0 N–H and O–H groups in total. The zero-order valence-electron chi connectivity index (χ0n) is 17.9. The number of rotatable bonds is 7. The Balaban J connectivity index is 1.62. The second kappa shape index (κ2) is 10.6. The molecule has 0 atom stereocenters. The Kier molecular flexibility index (Phi) is 7.85. The highest BCUT2D eigenvalue weighted by Gasteiger charge is 2.29. The van der Waals surface area contributed by atoms with Crippen LogP contribution >= 0.6 is 11.6 Å². The first-order valence-electron chi connectivity index (χ1n) is 10.3. The lowest BCUT2D eigenvalue weighted by molar-refractivity contribution is -0.127. The number of ketones is 1. The van der Waals surface area contributed by atoms with E-state index in [4.69, 9.17) is 21.1 Å². The fraction of sp³-hybridized carbons (Fsp3) is 0.333. The monoisotopic (exact) mass is 463 g/mol. The van der Waals surface area contributed by atoms with Crippen molar-refractivity contribution in [3.63, 3.8) is 0 Å². The molecule has 8 heteroatoms. The average Bonchev–Trinajstić information content (AvgIpc) is 2.80. The summed E-state index contributed by atoms with van der Waals surface area (Å²) in [5.41, 5.74) is 0.436. The molecule has 0 bridgehead atoms. The van der Waals surface area contributed by atoms with Crippen LogP contribution in [0, 0.1) is 17.6 Å². The van der Waals surface area contributed by atoms with Crippen molar-refractivity contribution in [1.29, 1.82) is 0 Å². The van der Waals surface area contributed by atoms with Gasteiger partial charge in [0.05, 0.1) is 24.3 Å². The smallest absolute Gasteiger partial charge is 0.246 e. The van der Waals surface area contributed by atoms with Crippen molar-refractivity contribution >= 4 is 29.4 Å². The van der Waals surface area contributed by atoms with Gasteiger partial charge in [0.15, 0.2) is 17.3 Å². The molecule has 0 spiro atoms. The minimum Gasteiger partial charge on any atom is -0.493 e. The van der Waals surface area contributed by atoms with Crippen molar-refractivity contribution in [3.8, 4) is 11.5 Å². The number of Topliss-reactive ketones (excluding diaryl/α,β-unsaturated/α-hetero) is 1. The third kappa shape index (κ3) is 5.46. The molecule has 0 aliphatic carbocycles. The second-order valence-electron chi connectivity index (χ2n) is 7.39. The van der Waals surface area contributed by atoms with Crippen LogP contribution in [0.4, 0.5) is 8.78 Å². The van der Waals surface area contributed by atoms with Crippen molar-refractivity contribution in [1.82, 2.24) is 4.90 Å². The Morgan fingerprint density at radius 1 is 1.19 bits per heavy atom. The summed E-state index contributed by atoms with van der Waals surface area (Å²) in [6.07, 6.45) is 3.83. The number of methoxy groups -OCH3 is 1. The molecule has 1 heterocycles. The van der Waals surface area contributed by atoms with Gasteiger partial charge in [0.1, 0.15) is 11.6 Å². The number of carbonyl (C=O) groups is 2. The highest BCUT2D eigenvalue weighted by atomic mass is 35.5. The molecule has 0 unspecified atom stereocenters. The molecular formula is C24H24ClF2NO4. The number of amides is 1. The van der Waals surface area contributed by atoms with Gasteiger partial charge in [0.2, 0.25) is 5.91 Å². The van der Waals surface area contributed by atoms with E-state index in [9.17, 15) is 18.4 Å². The SMILES string of the molecule is CCOc1c(Cl)cc(/C=C/C(=O)N2CCC(C(=O)c3cc(F)ccc3F)CC2)cc1OC. The van der Waals surface area contributed by atoms with Gasteiger partial charge in [-0.2, -0.15) is 0 Å². The molecule has 0 aromatic heterocycles. The summed E-state index contributed by atoms with van der Waals surface area (Å²) in [7, 11) is 1.51. The first-order chi connectivity index (χ1) is 15.3. The van der Waals surface area contributed by atoms with E-state index < -0.39 is 23.3 Å². The summed E-state index contributed by atoms with van der Waals surface area (Å²) in [6.45, 7) is 2.98. The number of hydrogen-bond acceptors (Lipinski definition) is 4. The van der Waals surface area contributed by atoms with Crippen LogP contribution in [0.15, 0.2) is 36.4 Å². The van der Waals surface area contributed by atoms with Gasteiger partial charge in [-0.3, -0.25) is 9.59 Å². The molecule has 1 amide bonds. The first kappa shape index (κ1) is 23.7. The van der Waals surface area contributed by atoms with Crippen molar-refractivity contribution in [2.24, 2.45) is 5.92 Å². The van der Waals surface area contributed by atoms with Crippen molar-refractivity contribution in [3.05, 3.63) is 64.2 Å². The van der Waals surface area contributed by atoms with Gasteiger partial charge in [0, 0.05) is 25.1 Å². The van der Waals surface area contributed by atoms with E-state index in [1.54, 1.807) is 23.1 Å². The number of nitrogens with zero attached hydrogens (tertiary/aromatic N) is 1. The molecule has 2 aromatic rings. The summed E-state index contributed by atoms with van der Waals surface area (Å²) in [5, 5.41) is 0.377. The van der Waals surface area contributed by atoms with Gasteiger partial charge in [0.25, 0.3) is 0 Å². The average molecular weight is 464 g/mol. The maximum absolute atomic E-state index is 13.9. The van der Waals surface area contributed by atoms with Crippen LogP contribution in [0.1, 0.15) is 35.7 Å². The molecule has 1 aliphatic rings. The number of piperidine rings is 1. The molecule has 2 aromatic carbocycles. The molecule has 1 aliphatic heterocycles. The number of ether oxygens (including phenoxy) is 2. The van der Waals surface area contributed by atoms with Crippen LogP contribution in [-0.4, -0.2) is 43.4 Å². The van der Waals surface area contributed by atoms with E-state index in [1.807, 2.05) is 6.92 Å². The number of benzene rings is 2. The third-order valence-corrected chi connectivity index (χ3v) is 5.61. The van der Waals surface area contributed by atoms with E-state index in [2.05, 4.69) is 0 Å². The quantitative estimate of drug-likeness (QED) is 0.420. The summed E-state index contributed by atoms with van der Waals surface area (Å²) < 4.78 is 38.1. The van der Waals surface area contributed by atoms with Gasteiger partial charge < -0.3 is 14.4 Å². The molecule has 0 radical (unpaired) electrons. The molecule has 32 heavy (non-hydrogen) atoms. The Labute approximate surface area is 190 Å². The molecule has 5 nitrogen and oxygen atoms in total. The third-order valence-electron chi connectivity index (χ3n) is 5.33. The first-order valence-corrected chi connectivity index (χ1v) is 10.7. The van der Waals surface area contributed by atoms with Crippen LogP contribution < -0.4 is 9.47 Å².